The summed E-state index contributed by atoms with van der Waals surface area (Å²) in [5.41, 5.74) is 2.22. The third kappa shape index (κ3) is 3.87. The molecule has 3 nitrogen and oxygen atoms in total. The first-order valence-corrected chi connectivity index (χ1v) is 7.00. The van der Waals surface area contributed by atoms with Gasteiger partial charge in [0.1, 0.15) is 10.8 Å². The molecule has 0 saturated heterocycles. The molecule has 0 bridgehead atoms. The number of alkyl halides is 3. The van der Waals surface area contributed by atoms with Crippen molar-refractivity contribution in [1.82, 2.24) is 9.97 Å². The minimum atomic E-state index is -4.56. The van der Waals surface area contributed by atoms with Gasteiger partial charge < -0.3 is 5.32 Å². The summed E-state index contributed by atoms with van der Waals surface area (Å²) >= 11 is 1.18. The van der Waals surface area contributed by atoms with E-state index in [2.05, 4.69) is 15.3 Å². The highest BCUT2D eigenvalue weighted by molar-refractivity contribution is 7.99. The molecular formula is C14H14F3N3S. The molecule has 0 radical (unpaired) electrons. The van der Waals surface area contributed by atoms with Crippen LogP contribution in [0.4, 0.5) is 19.0 Å². The lowest BCUT2D eigenvalue weighted by atomic mass is 10.1. The first kappa shape index (κ1) is 15.6. The second-order valence-electron chi connectivity index (χ2n) is 4.51. The van der Waals surface area contributed by atoms with E-state index in [9.17, 15) is 13.2 Å². The summed E-state index contributed by atoms with van der Waals surface area (Å²) < 4.78 is 38.3. The van der Waals surface area contributed by atoms with E-state index in [-0.39, 0.29) is 10.8 Å². The van der Waals surface area contributed by atoms with Crippen LogP contribution in [0.15, 0.2) is 34.2 Å². The summed E-state index contributed by atoms with van der Waals surface area (Å²) in [7, 11) is 1.52. The molecule has 1 N–H and O–H groups in total. The van der Waals surface area contributed by atoms with Crippen molar-refractivity contribution < 1.29 is 13.2 Å². The third-order valence-electron chi connectivity index (χ3n) is 2.91. The third-order valence-corrected chi connectivity index (χ3v) is 3.82. The van der Waals surface area contributed by atoms with Crippen LogP contribution in [-0.2, 0) is 6.18 Å². The predicted octanol–water partition coefficient (Wildman–Crippen LogP) is 4.31. The van der Waals surface area contributed by atoms with Gasteiger partial charge in [0.05, 0.1) is 0 Å². The van der Waals surface area contributed by atoms with Gasteiger partial charge in [0.25, 0.3) is 0 Å². The van der Waals surface area contributed by atoms with Crippen LogP contribution in [0.3, 0.4) is 0 Å². The number of rotatable bonds is 3. The van der Waals surface area contributed by atoms with Crippen molar-refractivity contribution in [3.05, 3.63) is 41.2 Å². The van der Waals surface area contributed by atoms with E-state index in [1.165, 1.54) is 24.9 Å². The summed E-state index contributed by atoms with van der Waals surface area (Å²) in [4.78, 5) is 7.86. The van der Waals surface area contributed by atoms with Gasteiger partial charge >= 0.3 is 6.18 Å². The van der Waals surface area contributed by atoms with Crippen LogP contribution >= 0.6 is 11.8 Å². The Morgan fingerprint density at radius 2 is 1.76 bits per heavy atom. The van der Waals surface area contributed by atoms with Crippen molar-refractivity contribution in [2.75, 3.05) is 12.4 Å². The Morgan fingerprint density at radius 3 is 2.33 bits per heavy atom. The van der Waals surface area contributed by atoms with E-state index < -0.39 is 12.0 Å². The first-order valence-electron chi connectivity index (χ1n) is 6.19. The molecule has 0 fully saturated rings. The van der Waals surface area contributed by atoms with Crippen LogP contribution in [0.2, 0.25) is 0 Å². The summed E-state index contributed by atoms with van der Waals surface area (Å²) in [6.07, 6.45) is -4.56. The molecule has 0 aliphatic heterocycles. The molecule has 2 aromatic rings. The topological polar surface area (TPSA) is 37.8 Å². The van der Waals surface area contributed by atoms with Gasteiger partial charge in [-0.2, -0.15) is 13.2 Å². The van der Waals surface area contributed by atoms with Crippen LogP contribution in [0.1, 0.15) is 17.0 Å². The number of benzene rings is 1. The second-order valence-corrected chi connectivity index (χ2v) is 5.60. The van der Waals surface area contributed by atoms with Gasteiger partial charge in [-0.15, -0.1) is 0 Å². The number of aromatic nitrogens is 2. The highest BCUT2D eigenvalue weighted by Gasteiger charge is 2.35. The Kier molecular flexibility index (Phi) is 4.41. The van der Waals surface area contributed by atoms with Crippen molar-refractivity contribution in [3.8, 4) is 0 Å². The van der Waals surface area contributed by atoms with Gasteiger partial charge in [-0.3, -0.25) is 0 Å². The predicted molar refractivity (Wildman–Crippen MR) is 76.6 cm³/mol. The van der Waals surface area contributed by atoms with Gasteiger partial charge in [0.2, 0.25) is 5.82 Å². The zero-order valence-corrected chi connectivity index (χ0v) is 12.6. The SMILES string of the molecule is CNc1cc(Sc2ccc(C)c(C)c2)nc(C(F)(F)F)n1. The first-order chi connectivity index (χ1) is 9.79. The lowest BCUT2D eigenvalue weighted by Crippen LogP contribution is -2.12. The summed E-state index contributed by atoms with van der Waals surface area (Å²) in [5.74, 6) is -0.996. The largest absolute Gasteiger partial charge is 0.451 e. The van der Waals surface area contributed by atoms with E-state index in [1.807, 2.05) is 32.0 Å². The Hall–Kier alpha value is -1.76. The van der Waals surface area contributed by atoms with Crippen molar-refractivity contribution >= 4 is 17.6 Å². The molecule has 112 valence electrons. The number of nitrogens with zero attached hydrogens (tertiary/aromatic N) is 2. The fourth-order valence-electron chi connectivity index (χ4n) is 1.63. The van der Waals surface area contributed by atoms with E-state index in [4.69, 9.17) is 0 Å². The maximum Gasteiger partial charge on any atom is 0.451 e. The molecule has 0 aliphatic carbocycles. The number of hydrogen-bond acceptors (Lipinski definition) is 4. The molecule has 0 spiro atoms. The molecule has 0 amide bonds. The quantitative estimate of drug-likeness (QED) is 0.857. The second kappa shape index (κ2) is 5.93. The Balaban J connectivity index is 2.36. The van der Waals surface area contributed by atoms with Crippen LogP contribution in [0.5, 0.6) is 0 Å². The van der Waals surface area contributed by atoms with Crippen molar-refractivity contribution in [1.29, 1.82) is 0 Å². The van der Waals surface area contributed by atoms with Gasteiger partial charge in [0, 0.05) is 18.0 Å². The fraction of sp³-hybridized carbons (Fsp3) is 0.286. The monoisotopic (exact) mass is 313 g/mol. The van der Waals surface area contributed by atoms with E-state index in [0.29, 0.717) is 0 Å². The fourth-order valence-corrected chi connectivity index (χ4v) is 2.55. The minimum absolute atomic E-state index is 0.142. The van der Waals surface area contributed by atoms with E-state index >= 15 is 0 Å². The van der Waals surface area contributed by atoms with E-state index in [1.54, 1.807) is 0 Å². The van der Waals surface area contributed by atoms with Crippen LogP contribution in [0.25, 0.3) is 0 Å². The van der Waals surface area contributed by atoms with Crippen molar-refractivity contribution in [3.63, 3.8) is 0 Å². The zero-order valence-electron chi connectivity index (χ0n) is 11.7. The van der Waals surface area contributed by atoms with Gasteiger partial charge in [-0.05, 0) is 37.1 Å². The van der Waals surface area contributed by atoms with Crippen molar-refractivity contribution in [2.24, 2.45) is 0 Å². The molecule has 0 atom stereocenters. The van der Waals surface area contributed by atoms with Gasteiger partial charge in [-0.1, -0.05) is 17.8 Å². The summed E-state index contributed by atoms with van der Waals surface area (Å²) in [6, 6.07) is 7.22. The number of halogens is 3. The van der Waals surface area contributed by atoms with Crippen molar-refractivity contribution in [2.45, 2.75) is 29.9 Å². The van der Waals surface area contributed by atoms with Crippen LogP contribution in [0, 0.1) is 13.8 Å². The Labute approximate surface area is 125 Å². The normalized spacial score (nSPS) is 11.5. The average Bonchev–Trinajstić information content (AvgIpc) is 2.41. The maximum absolute atomic E-state index is 12.8. The molecule has 0 aliphatic rings. The maximum atomic E-state index is 12.8. The van der Waals surface area contributed by atoms with E-state index in [0.717, 1.165) is 16.0 Å². The standard InChI is InChI=1S/C14H14F3N3S/c1-8-4-5-10(6-9(8)2)21-12-7-11(18-3)19-13(20-12)14(15,16)17/h4-7H,1-3H3,(H,18,19,20). The minimum Gasteiger partial charge on any atom is -0.373 e. The number of aryl methyl sites for hydroxylation is 2. The lowest BCUT2D eigenvalue weighted by molar-refractivity contribution is -0.145. The summed E-state index contributed by atoms with van der Waals surface area (Å²) in [5, 5.41) is 2.88. The van der Waals surface area contributed by atoms with Gasteiger partial charge in [-0.25, -0.2) is 9.97 Å². The summed E-state index contributed by atoms with van der Waals surface area (Å²) in [6.45, 7) is 3.94. The molecule has 0 saturated carbocycles. The molecule has 0 unspecified atom stereocenters. The Bertz CT molecular complexity index is 656. The number of anilines is 1. The molecule has 7 heteroatoms. The highest BCUT2D eigenvalue weighted by atomic mass is 32.2. The smallest absolute Gasteiger partial charge is 0.373 e. The number of nitrogens with one attached hydrogen (secondary N) is 1. The molecule has 21 heavy (non-hydrogen) atoms. The van der Waals surface area contributed by atoms with Gasteiger partial charge in [0.15, 0.2) is 0 Å². The molecule has 1 heterocycles. The Morgan fingerprint density at radius 1 is 1.05 bits per heavy atom. The molecule has 1 aromatic heterocycles. The van der Waals surface area contributed by atoms with Crippen LogP contribution in [-0.4, -0.2) is 17.0 Å². The molecular weight excluding hydrogens is 299 g/mol. The highest BCUT2D eigenvalue weighted by Crippen LogP contribution is 2.32. The lowest BCUT2D eigenvalue weighted by Gasteiger charge is -2.10. The zero-order chi connectivity index (χ0) is 15.6. The van der Waals surface area contributed by atoms with Crippen LogP contribution < -0.4 is 5.32 Å². The average molecular weight is 313 g/mol. The molecule has 2 rings (SSSR count). The number of hydrogen-bond donors (Lipinski definition) is 1. The molecule has 1 aromatic carbocycles.